The number of piperidine rings is 1. The number of aromatic nitrogens is 1. The molecule has 2 aromatic rings. The Bertz CT molecular complexity index is 865. The lowest BCUT2D eigenvalue weighted by Gasteiger charge is -2.65. The van der Waals surface area contributed by atoms with Gasteiger partial charge in [0.1, 0.15) is 5.82 Å². The Kier molecular flexibility index (Phi) is 5.21. The first-order chi connectivity index (χ1) is 14.0. The Morgan fingerprint density at radius 3 is 2.45 bits per heavy atom. The van der Waals surface area contributed by atoms with E-state index in [2.05, 4.69) is 17.1 Å². The normalized spacial score (nSPS) is 22.7. The zero-order chi connectivity index (χ0) is 20.5. The molecule has 4 rings (SSSR count). The number of methoxy groups -OCH3 is 1. The number of anilines is 1. The maximum Gasteiger partial charge on any atom is 0.415 e. The Morgan fingerprint density at radius 1 is 1.21 bits per heavy atom. The molecule has 1 aliphatic heterocycles. The number of ether oxygens (including phenoxy) is 1. The van der Waals surface area contributed by atoms with Crippen LogP contribution in [0.1, 0.15) is 31.2 Å². The van der Waals surface area contributed by atoms with Crippen LogP contribution in [0.3, 0.4) is 0 Å². The van der Waals surface area contributed by atoms with E-state index in [1.54, 1.807) is 10.4 Å². The zero-order valence-corrected chi connectivity index (χ0v) is 17.2. The Balaban J connectivity index is 1.76. The third-order valence-corrected chi connectivity index (χ3v) is 7.34. The van der Waals surface area contributed by atoms with Gasteiger partial charge in [0, 0.05) is 18.5 Å². The van der Waals surface area contributed by atoms with Crippen molar-refractivity contribution >= 4 is 29.3 Å². The highest BCUT2D eigenvalue weighted by molar-refractivity contribution is 7.07. The van der Waals surface area contributed by atoms with Gasteiger partial charge >= 0.3 is 12.2 Å². The van der Waals surface area contributed by atoms with Gasteiger partial charge in [0.25, 0.3) is 0 Å². The number of hydrogen-bond acceptors (Lipinski definition) is 5. The molecule has 1 saturated carbocycles. The molecule has 0 radical (unpaired) electrons. The van der Waals surface area contributed by atoms with Gasteiger partial charge in [0.05, 0.1) is 18.2 Å². The fourth-order valence-corrected chi connectivity index (χ4v) is 5.66. The summed E-state index contributed by atoms with van der Waals surface area (Å²) in [5.74, 6) is 0.609. The molecule has 1 aromatic heterocycles. The van der Waals surface area contributed by atoms with Crippen molar-refractivity contribution in [2.24, 2.45) is 5.41 Å². The van der Waals surface area contributed by atoms with E-state index in [9.17, 15) is 14.7 Å². The van der Waals surface area contributed by atoms with Gasteiger partial charge in [-0.05, 0) is 43.1 Å². The third-order valence-electron chi connectivity index (χ3n) is 6.77. The number of likely N-dealkylation sites (tertiary alicyclic amines) is 1. The maximum atomic E-state index is 13.0. The van der Waals surface area contributed by atoms with Crippen LogP contribution in [0.25, 0.3) is 0 Å². The predicted octanol–water partition coefficient (Wildman–Crippen LogP) is 4.25. The molecule has 1 aromatic carbocycles. The molecular formula is C21H25N3O4S. The first-order valence-electron chi connectivity index (χ1n) is 9.79. The molecule has 8 heteroatoms. The summed E-state index contributed by atoms with van der Waals surface area (Å²) < 4.78 is 5.20. The molecule has 0 bridgehead atoms. The minimum atomic E-state index is -0.878. The van der Waals surface area contributed by atoms with Crippen molar-refractivity contribution in [1.29, 1.82) is 0 Å². The standard InChI is InChI=1S/C21H25N3O4S/c1-28-19(27)24(17-14-29-15-22-17)21(13-16-5-3-2-4-6-16)8-7-20(21)9-11-23(12-10-20)18(25)26/h2-6,14-15H,7-13H2,1H3,(H,25,26). The van der Waals surface area contributed by atoms with Gasteiger partial charge in [-0.15, -0.1) is 11.3 Å². The average molecular weight is 416 g/mol. The van der Waals surface area contributed by atoms with Gasteiger partial charge in [0.15, 0.2) is 0 Å². The highest BCUT2D eigenvalue weighted by atomic mass is 32.1. The van der Waals surface area contributed by atoms with Gasteiger partial charge in [-0.1, -0.05) is 30.3 Å². The fraction of sp³-hybridized carbons (Fsp3) is 0.476. The molecule has 2 fully saturated rings. The topological polar surface area (TPSA) is 83.0 Å². The molecule has 2 amide bonds. The molecule has 1 unspecified atom stereocenters. The van der Waals surface area contributed by atoms with Crippen LogP contribution in [0, 0.1) is 5.41 Å². The quantitative estimate of drug-likeness (QED) is 0.807. The molecule has 1 N–H and O–H groups in total. The Labute approximate surface area is 173 Å². The van der Waals surface area contributed by atoms with Gasteiger partial charge < -0.3 is 14.7 Å². The van der Waals surface area contributed by atoms with Crippen molar-refractivity contribution in [2.75, 3.05) is 25.1 Å². The average Bonchev–Trinajstić information content (AvgIpc) is 3.27. The van der Waals surface area contributed by atoms with Crippen molar-refractivity contribution in [3.63, 3.8) is 0 Å². The summed E-state index contributed by atoms with van der Waals surface area (Å²) in [7, 11) is 1.40. The minimum Gasteiger partial charge on any atom is -0.465 e. The zero-order valence-electron chi connectivity index (χ0n) is 16.4. The lowest BCUT2D eigenvalue weighted by molar-refractivity contribution is -0.0553. The summed E-state index contributed by atoms with van der Waals surface area (Å²) in [4.78, 5) is 32.1. The lowest BCUT2D eigenvalue weighted by atomic mass is 9.48. The van der Waals surface area contributed by atoms with E-state index in [1.165, 1.54) is 23.3 Å². The van der Waals surface area contributed by atoms with Crippen LogP contribution in [-0.2, 0) is 11.2 Å². The van der Waals surface area contributed by atoms with Crippen molar-refractivity contribution in [3.8, 4) is 0 Å². The minimum absolute atomic E-state index is 0.160. The van der Waals surface area contributed by atoms with E-state index >= 15 is 0 Å². The van der Waals surface area contributed by atoms with Crippen LogP contribution in [0.5, 0.6) is 0 Å². The number of rotatable bonds is 4. The van der Waals surface area contributed by atoms with Gasteiger partial charge in [-0.3, -0.25) is 4.90 Å². The molecule has 1 atom stereocenters. The molecule has 29 heavy (non-hydrogen) atoms. The van der Waals surface area contributed by atoms with E-state index in [0.717, 1.165) is 31.2 Å². The van der Waals surface area contributed by atoms with E-state index < -0.39 is 17.7 Å². The second-order valence-electron chi connectivity index (χ2n) is 7.90. The number of benzene rings is 1. The highest BCUT2D eigenvalue weighted by Gasteiger charge is 2.64. The van der Waals surface area contributed by atoms with Crippen LogP contribution < -0.4 is 4.90 Å². The van der Waals surface area contributed by atoms with Crippen LogP contribution in [-0.4, -0.2) is 52.9 Å². The second kappa shape index (κ2) is 7.67. The number of hydrogen-bond donors (Lipinski definition) is 1. The second-order valence-corrected chi connectivity index (χ2v) is 8.61. The van der Waals surface area contributed by atoms with Gasteiger partial charge in [-0.2, -0.15) is 0 Å². The number of carbonyl (C=O) groups excluding carboxylic acids is 1. The van der Waals surface area contributed by atoms with Crippen molar-refractivity contribution in [2.45, 2.75) is 37.6 Å². The predicted molar refractivity (Wildman–Crippen MR) is 110 cm³/mol. The number of amides is 2. The number of carbonyl (C=O) groups is 2. The number of nitrogens with zero attached hydrogens (tertiary/aromatic N) is 3. The van der Waals surface area contributed by atoms with Crippen molar-refractivity contribution in [3.05, 3.63) is 46.8 Å². The molecule has 1 saturated heterocycles. The van der Waals surface area contributed by atoms with Crippen LogP contribution in [0.15, 0.2) is 41.2 Å². The summed E-state index contributed by atoms with van der Waals surface area (Å²) in [6, 6.07) is 10.2. The van der Waals surface area contributed by atoms with Crippen LogP contribution in [0.4, 0.5) is 15.4 Å². The van der Waals surface area contributed by atoms with Crippen molar-refractivity contribution < 1.29 is 19.4 Å². The largest absolute Gasteiger partial charge is 0.465 e. The van der Waals surface area contributed by atoms with Gasteiger partial charge in [0.2, 0.25) is 0 Å². The molecule has 154 valence electrons. The summed E-state index contributed by atoms with van der Waals surface area (Å²) in [5, 5.41) is 11.3. The molecule has 2 aliphatic rings. The molecule has 1 aliphatic carbocycles. The first kappa shape index (κ1) is 19.7. The summed E-state index contributed by atoms with van der Waals surface area (Å²) >= 11 is 1.45. The SMILES string of the molecule is COC(=O)N(c1cscn1)C1(Cc2ccccc2)CCC12CCN(C(=O)O)CC2. The van der Waals surface area contributed by atoms with E-state index in [1.807, 2.05) is 23.6 Å². The third kappa shape index (κ3) is 3.25. The van der Waals surface area contributed by atoms with Crippen LogP contribution in [0.2, 0.25) is 0 Å². The first-order valence-corrected chi connectivity index (χ1v) is 10.7. The summed E-state index contributed by atoms with van der Waals surface area (Å²) in [6.45, 7) is 0.968. The Hall–Kier alpha value is -2.61. The molecule has 1 spiro atoms. The summed E-state index contributed by atoms with van der Waals surface area (Å²) in [5.41, 5.74) is 2.23. The number of thiazole rings is 1. The fourth-order valence-electron chi connectivity index (χ4n) is 5.14. The van der Waals surface area contributed by atoms with Crippen LogP contribution >= 0.6 is 11.3 Å². The Morgan fingerprint density at radius 2 is 1.93 bits per heavy atom. The van der Waals surface area contributed by atoms with E-state index in [0.29, 0.717) is 25.3 Å². The monoisotopic (exact) mass is 415 g/mol. The molecular weight excluding hydrogens is 390 g/mol. The molecule has 7 nitrogen and oxygen atoms in total. The highest BCUT2D eigenvalue weighted by Crippen LogP contribution is 2.61. The van der Waals surface area contributed by atoms with Gasteiger partial charge in [-0.25, -0.2) is 14.6 Å². The number of carboxylic acid groups (broad SMARTS) is 1. The van der Waals surface area contributed by atoms with Crippen molar-refractivity contribution in [1.82, 2.24) is 9.88 Å². The maximum absolute atomic E-state index is 13.0. The molecule has 2 heterocycles. The summed E-state index contributed by atoms with van der Waals surface area (Å²) in [6.07, 6.45) is 2.65. The van der Waals surface area contributed by atoms with E-state index in [-0.39, 0.29) is 5.41 Å². The smallest absolute Gasteiger partial charge is 0.415 e. The van der Waals surface area contributed by atoms with E-state index in [4.69, 9.17) is 4.74 Å². The lowest BCUT2D eigenvalue weighted by Crippen LogP contribution is -2.72.